The molecule has 0 saturated heterocycles. The van der Waals surface area contributed by atoms with E-state index < -0.39 is 0 Å². The van der Waals surface area contributed by atoms with Crippen LogP contribution in [0.3, 0.4) is 0 Å². The predicted molar refractivity (Wildman–Crippen MR) is 142 cm³/mol. The molecular formula is C28H34N2O5S. The highest BCUT2D eigenvalue weighted by atomic mass is 32.1. The fourth-order valence-corrected chi connectivity index (χ4v) is 4.56. The Kier molecular flexibility index (Phi) is 9.76. The normalized spacial score (nSPS) is 10.7. The summed E-state index contributed by atoms with van der Waals surface area (Å²) in [7, 11) is 4.77. The molecule has 2 aromatic carbocycles. The van der Waals surface area contributed by atoms with E-state index >= 15 is 0 Å². The van der Waals surface area contributed by atoms with Gasteiger partial charge < -0.3 is 24.0 Å². The Labute approximate surface area is 217 Å². The Morgan fingerprint density at radius 2 is 1.69 bits per heavy atom. The standard InChI is InChI=1S/C28H34N2O5S/c1-20(2)30(28(32)22-8-6-9-23(17-22)33-3)19-27(31)29(18-24-10-7-15-36-24)14-13-21-11-12-25(34-4)26(16-21)35-5/h6-12,15-17,20H,13-14,18-19H2,1-5H3. The fraction of sp³-hybridized carbons (Fsp3) is 0.357. The highest BCUT2D eigenvalue weighted by Gasteiger charge is 2.25. The second-order valence-electron chi connectivity index (χ2n) is 8.59. The highest BCUT2D eigenvalue weighted by Crippen LogP contribution is 2.28. The van der Waals surface area contributed by atoms with Gasteiger partial charge in [-0.05, 0) is 67.6 Å². The number of rotatable bonds is 12. The minimum Gasteiger partial charge on any atom is -0.497 e. The van der Waals surface area contributed by atoms with Gasteiger partial charge in [0.2, 0.25) is 5.91 Å². The lowest BCUT2D eigenvalue weighted by atomic mass is 10.1. The van der Waals surface area contributed by atoms with Crippen LogP contribution in [0.25, 0.3) is 0 Å². The molecule has 0 fully saturated rings. The SMILES string of the molecule is COc1cccc(C(=O)N(CC(=O)N(CCc2ccc(OC)c(OC)c2)Cc2cccs2)C(C)C)c1. The molecule has 1 heterocycles. The Hall–Kier alpha value is -3.52. The number of carbonyl (C=O) groups excluding carboxylic acids is 2. The highest BCUT2D eigenvalue weighted by molar-refractivity contribution is 7.09. The summed E-state index contributed by atoms with van der Waals surface area (Å²) in [5, 5.41) is 2.00. The summed E-state index contributed by atoms with van der Waals surface area (Å²) in [4.78, 5) is 31.4. The zero-order valence-corrected chi connectivity index (χ0v) is 22.3. The first kappa shape index (κ1) is 27.1. The van der Waals surface area contributed by atoms with Gasteiger partial charge in [-0.15, -0.1) is 11.3 Å². The van der Waals surface area contributed by atoms with E-state index in [1.165, 1.54) is 0 Å². The number of nitrogens with zero attached hydrogens (tertiary/aromatic N) is 2. The summed E-state index contributed by atoms with van der Waals surface area (Å²) < 4.78 is 16.0. The third kappa shape index (κ3) is 7.01. The maximum Gasteiger partial charge on any atom is 0.254 e. The van der Waals surface area contributed by atoms with E-state index in [2.05, 4.69) is 0 Å². The number of hydrogen-bond donors (Lipinski definition) is 0. The molecule has 0 aliphatic heterocycles. The van der Waals surface area contributed by atoms with Crippen LogP contribution in [0.4, 0.5) is 0 Å². The van der Waals surface area contributed by atoms with Gasteiger partial charge in [-0.1, -0.05) is 18.2 Å². The number of methoxy groups -OCH3 is 3. The van der Waals surface area contributed by atoms with Crippen molar-refractivity contribution in [3.8, 4) is 17.2 Å². The topological polar surface area (TPSA) is 68.3 Å². The van der Waals surface area contributed by atoms with Gasteiger partial charge in [0.25, 0.3) is 5.91 Å². The number of ether oxygens (including phenoxy) is 3. The monoisotopic (exact) mass is 510 g/mol. The summed E-state index contributed by atoms with van der Waals surface area (Å²) >= 11 is 1.61. The summed E-state index contributed by atoms with van der Waals surface area (Å²) in [5.41, 5.74) is 1.52. The Morgan fingerprint density at radius 3 is 2.33 bits per heavy atom. The molecule has 3 rings (SSSR count). The number of thiophene rings is 1. The van der Waals surface area contributed by atoms with Crippen LogP contribution >= 0.6 is 11.3 Å². The smallest absolute Gasteiger partial charge is 0.254 e. The minimum absolute atomic E-state index is 0.00891. The van der Waals surface area contributed by atoms with Crippen LogP contribution in [0.1, 0.15) is 34.6 Å². The van der Waals surface area contributed by atoms with Gasteiger partial charge in [-0.3, -0.25) is 9.59 Å². The molecule has 192 valence electrons. The van der Waals surface area contributed by atoms with Crippen LogP contribution in [0.2, 0.25) is 0 Å². The number of benzene rings is 2. The van der Waals surface area contributed by atoms with Gasteiger partial charge in [0.05, 0.1) is 27.9 Å². The van der Waals surface area contributed by atoms with Crippen LogP contribution in [0.5, 0.6) is 17.2 Å². The number of amides is 2. The molecule has 0 bridgehead atoms. The van der Waals surface area contributed by atoms with Gasteiger partial charge >= 0.3 is 0 Å². The van der Waals surface area contributed by atoms with Crippen molar-refractivity contribution in [1.29, 1.82) is 0 Å². The molecular weight excluding hydrogens is 476 g/mol. The van der Waals surface area contributed by atoms with E-state index in [1.54, 1.807) is 61.8 Å². The molecule has 8 heteroatoms. The molecule has 36 heavy (non-hydrogen) atoms. The molecule has 0 N–H and O–H groups in total. The van der Waals surface area contributed by atoms with E-state index in [-0.39, 0.29) is 24.4 Å². The van der Waals surface area contributed by atoms with Crippen molar-refractivity contribution in [2.24, 2.45) is 0 Å². The average molecular weight is 511 g/mol. The molecule has 0 aliphatic carbocycles. The lowest BCUT2D eigenvalue weighted by Crippen LogP contribution is -2.46. The fourth-order valence-electron chi connectivity index (χ4n) is 3.84. The Bertz CT molecular complexity index is 1150. The first-order valence-electron chi connectivity index (χ1n) is 11.8. The van der Waals surface area contributed by atoms with Gasteiger partial charge in [0.1, 0.15) is 12.3 Å². The molecule has 0 atom stereocenters. The van der Waals surface area contributed by atoms with Gasteiger partial charge in [0, 0.05) is 23.0 Å². The summed E-state index contributed by atoms with van der Waals surface area (Å²) in [6.07, 6.45) is 0.642. The van der Waals surface area contributed by atoms with Crippen molar-refractivity contribution in [3.05, 3.63) is 76.0 Å². The molecule has 3 aromatic rings. The van der Waals surface area contributed by atoms with Crippen LogP contribution in [0, 0.1) is 0 Å². The summed E-state index contributed by atoms with van der Waals surface area (Å²) in [5.74, 6) is 1.62. The average Bonchev–Trinajstić information content (AvgIpc) is 3.42. The van der Waals surface area contributed by atoms with Crippen molar-refractivity contribution in [3.63, 3.8) is 0 Å². The lowest BCUT2D eigenvalue weighted by Gasteiger charge is -2.30. The third-order valence-corrected chi connectivity index (χ3v) is 6.77. The maximum atomic E-state index is 13.6. The van der Waals surface area contributed by atoms with Crippen LogP contribution in [0.15, 0.2) is 60.0 Å². The van der Waals surface area contributed by atoms with Crippen LogP contribution in [-0.4, -0.2) is 62.1 Å². The summed E-state index contributed by atoms with van der Waals surface area (Å²) in [6.45, 7) is 4.82. The first-order chi connectivity index (χ1) is 17.4. The van der Waals surface area contributed by atoms with Crippen molar-refractivity contribution in [2.75, 3.05) is 34.4 Å². The number of hydrogen-bond acceptors (Lipinski definition) is 6. The second-order valence-corrected chi connectivity index (χ2v) is 9.62. The minimum atomic E-state index is -0.201. The van der Waals surface area contributed by atoms with Crippen molar-refractivity contribution in [2.45, 2.75) is 32.9 Å². The van der Waals surface area contributed by atoms with Gasteiger partial charge in [0.15, 0.2) is 11.5 Å². The summed E-state index contributed by atoms with van der Waals surface area (Å²) in [6, 6.07) is 16.6. The quantitative estimate of drug-likeness (QED) is 0.347. The maximum absolute atomic E-state index is 13.6. The van der Waals surface area contributed by atoms with Crippen molar-refractivity contribution < 1.29 is 23.8 Å². The van der Waals surface area contributed by atoms with Crippen LogP contribution < -0.4 is 14.2 Å². The van der Waals surface area contributed by atoms with E-state index in [4.69, 9.17) is 14.2 Å². The van der Waals surface area contributed by atoms with E-state index in [1.807, 2.05) is 54.5 Å². The zero-order chi connectivity index (χ0) is 26.1. The Balaban J connectivity index is 1.78. The molecule has 7 nitrogen and oxygen atoms in total. The predicted octanol–water partition coefficient (Wildman–Crippen LogP) is 4.90. The Morgan fingerprint density at radius 1 is 0.917 bits per heavy atom. The molecule has 0 unspecified atom stereocenters. The largest absolute Gasteiger partial charge is 0.497 e. The van der Waals surface area contributed by atoms with Gasteiger partial charge in [-0.25, -0.2) is 0 Å². The lowest BCUT2D eigenvalue weighted by molar-refractivity contribution is -0.132. The molecule has 2 amide bonds. The molecule has 0 aliphatic rings. The third-order valence-electron chi connectivity index (χ3n) is 5.90. The van der Waals surface area contributed by atoms with E-state index in [9.17, 15) is 9.59 Å². The van der Waals surface area contributed by atoms with Crippen molar-refractivity contribution >= 4 is 23.2 Å². The zero-order valence-electron chi connectivity index (χ0n) is 21.5. The first-order valence-corrected chi connectivity index (χ1v) is 12.7. The van der Waals surface area contributed by atoms with Crippen molar-refractivity contribution in [1.82, 2.24) is 9.80 Å². The molecule has 0 saturated carbocycles. The van der Waals surface area contributed by atoms with Gasteiger partial charge in [-0.2, -0.15) is 0 Å². The molecule has 0 radical (unpaired) electrons. The van der Waals surface area contributed by atoms with E-state index in [0.29, 0.717) is 42.3 Å². The van der Waals surface area contributed by atoms with Crippen LogP contribution in [-0.2, 0) is 17.8 Å². The second kappa shape index (κ2) is 13.0. The number of carbonyl (C=O) groups is 2. The molecule has 1 aromatic heterocycles. The van der Waals surface area contributed by atoms with E-state index in [0.717, 1.165) is 10.4 Å². The molecule has 0 spiro atoms.